The Morgan fingerprint density at radius 2 is 1.67 bits per heavy atom. The van der Waals surface area contributed by atoms with Crippen LogP contribution in [0.25, 0.3) is 10.1 Å². The summed E-state index contributed by atoms with van der Waals surface area (Å²) in [5.41, 5.74) is -4.30. The van der Waals surface area contributed by atoms with Crippen molar-refractivity contribution in [3.05, 3.63) is 35.0 Å². The highest BCUT2D eigenvalue weighted by atomic mass is 80.0. The Morgan fingerprint density at radius 3 is 2.14 bits per heavy atom. The van der Waals surface area contributed by atoms with E-state index in [1.54, 1.807) is 6.07 Å². The van der Waals surface area contributed by atoms with E-state index < -0.39 is 36.6 Å². The van der Waals surface area contributed by atoms with Crippen LogP contribution in [0.5, 0.6) is 0 Å². The monoisotopic (exact) mass is 388 g/mol. The van der Waals surface area contributed by atoms with Crippen molar-refractivity contribution in [3.63, 3.8) is 0 Å². The predicted molar refractivity (Wildman–Crippen MR) is 59.7 cm³/mol. The predicted octanol–water partition coefficient (Wildman–Crippen LogP) is 1.51. The van der Waals surface area contributed by atoms with Crippen molar-refractivity contribution in [2.24, 2.45) is 0 Å². The average Bonchev–Trinajstić information content (AvgIpc) is 3.08. The largest absolute Gasteiger partial charge is 0.600 e. The summed E-state index contributed by atoms with van der Waals surface area (Å²) < 4.78 is 77.9. The molecular formula is C12H9BrF4O3S. The molecule has 0 N–H and O–H groups in total. The molecule has 9 heteroatoms. The third-order valence-electron chi connectivity index (χ3n) is 2.94. The first-order valence-electron chi connectivity index (χ1n) is 5.75. The summed E-state index contributed by atoms with van der Waals surface area (Å²) >= 11 is -3.65. The minimum Gasteiger partial charge on any atom is -0.405 e. The van der Waals surface area contributed by atoms with Gasteiger partial charge < -0.3 is 12.6 Å². The number of alkyl halides is 3. The van der Waals surface area contributed by atoms with Crippen molar-refractivity contribution in [2.45, 2.75) is 24.3 Å². The quantitative estimate of drug-likeness (QED) is 0.549. The van der Waals surface area contributed by atoms with Crippen LogP contribution in [0.15, 0.2) is 24.3 Å². The SMILES string of the molecule is Fc1ccc2cc(C3CC3)[s+](C(F)(F)F)c2c1.[O-][Br+2]([O-])[O-]. The van der Waals surface area contributed by atoms with Gasteiger partial charge in [0.25, 0.3) is 0 Å². The fourth-order valence-corrected chi connectivity index (χ4v) is 4.23. The molecule has 1 aliphatic rings. The second kappa shape index (κ2) is 6.17. The van der Waals surface area contributed by atoms with Gasteiger partial charge in [0.1, 0.15) is 5.82 Å². The highest BCUT2D eigenvalue weighted by Crippen LogP contribution is 2.57. The maximum absolute atomic E-state index is 13.1. The van der Waals surface area contributed by atoms with Crippen LogP contribution in [-0.2, 0) is 5.51 Å². The second-order valence-corrected chi connectivity index (χ2v) is 7.22. The van der Waals surface area contributed by atoms with Crippen molar-refractivity contribution in [1.82, 2.24) is 0 Å². The molecule has 1 aromatic heterocycles. The Bertz CT molecular complexity index is 634. The molecule has 1 atom stereocenters. The molecule has 1 unspecified atom stereocenters. The van der Waals surface area contributed by atoms with Gasteiger partial charge in [0.05, 0.1) is 10.5 Å². The van der Waals surface area contributed by atoms with Crippen molar-refractivity contribution < 1.29 is 45.0 Å². The maximum atomic E-state index is 13.1. The molecule has 0 amide bonds. The summed E-state index contributed by atoms with van der Waals surface area (Å²) in [4.78, 5) is 0.443. The molecule has 0 spiro atoms. The van der Waals surface area contributed by atoms with Crippen LogP contribution in [0.1, 0.15) is 23.6 Å². The standard InChI is InChI=1S/C12H9F4S.BrO3/c13-9-4-3-8-5-10(7-1-2-7)17(11(8)6-9)12(14,15)16;2-1(3)4/h3-7H,1-2H2;/q+1;-1. The zero-order chi connectivity index (χ0) is 15.8. The van der Waals surface area contributed by atoms with Gasteiger partial charge in [-0.25, -0.2) is 4.39 Å². The molecule has 116 valence electrons. The van der Waals surface area contributed by atoms with E-state index in [9.17, 15) is 17.6 Å². The van der Waals surface area contributed by atoms with Crippen molar-refractivity contribution in [3.8, 4) is 0 Å². The maximum Gasteiger partial charge on any atom is 0.600 e. The third-order valence-corrected chi connectivity index (χ3v) is 5.12. The van der Waals surface area contributed by atoms with Crippen LogP contribution in [0.3, 0.4) is 0 Å². The van der Waals surface area contributed by atoms with Gasteiger partial charge in [-0.05, 0) is 25.0 Å². The Morgan fingerprint density at radius 1 is 1.10 bits per heavy atom. The normalized spacial score (nSPS) is 16.1. The van der Waals surface area contributed by atoms with Crippen LogP contribution in [0.2, 0.25) is 0 Å². The lowest BCUT2D eigenvalue weighted by atomic mass is 10.2. The van der Waals surface area contributed by atoms with E-state index in [4.69, 9.17) is 12.6 Å². The third kappa shape index (κ3) is 4.13. The number of thiophene rings is 1. The lowest BCUT2D eigenvalue weighted by Crippen LogP contribution is -2.42. The summed E-state index contributed by atoms with van der Waals surface area (Å²) in [6.07, 6.45) is 1.64. The Labute approximate surface area is 125 Å². The van der Waals surface area contributed by atoms with Gasteiger partial charge in [0.15, 0.2) is 9.58 Å². The Balaban J connectivity index is 0.000000361. The highest BCUT2D eigenvalue weighted by Gasteiger charge is 2.51. The van der Waals surface area contributed by atoms with Crippen LogP contribution in [-0.4, -0.2) is 0 Å². The molecule has 1 aromatic carbocycles. The highest BCUT2D eigenvalue weighted by molar-refractivity contribution is 7.38. The molecular weight excluding hydrogens is 380 g/mol. The van der Waals surface area contributed by atoms with Gasteiger partial charge in [0, 0.05) is 23.4 Å². The summed E-state index contributed by atoms with van der Waals surface area (Å²) in [6, 6.07) is 5.27. The first-order chi connectivity index (χ1) is 9.70. The molecule has 2 aromatic rings. The van der Waals surface area contributed by atoms with Gasteiger partial charge in [-0.3, -0.25) is 0 Å². The molecule has 0 radical (unpaired) electrons. The molecule has 3 rings (SSSR count). The first-order valence-corrected chi connectivity index (χ1v) is 8.92. The van der Waals surface area contributed by atoms with E-state index in [-0.39, 0.29) is 10.6 Å². The minimum absolute atomic E-state index is 0.0513. The van der Waals surface area contributed by atoms with Crippen LogP contribution in [0.4, 0.5) is 17.6 Å². The zero-order valence-corrected chi connectivity index (χ0v) is 12.7. The van der Waals surface area contributed by atoms with Crippen LogP contribution < -0.4 is 12.6 Å². The zero-order valence-electron chi connectivity index (χ0n) is 10.3. The topological polar surface area (TPSA) is 69.2 Å². The van der Waals surface area contributed by atoms with Gasteiger partial charge in [0.2, 0.25) is 14.8 Å². The lowest BCUT2D eigenvalue weighted by molar-refractivity contribution is -1.73. The number of halogens is 5. The Kier molecular flexibility index (Phi) is 4.89. The molecule has 21 heavy (non-hydrogen) atoms. The van der Waals surface area contributed by atoms with Gasteiger partial charge in [-0.1, -0.05) is 0 Å². The molecule has 1 aliphatic carbocycles. The van der Waals surface area contributed by atoms with E-state index in [0.29, 0.717) is 10.3 Å². The molecule has 0 bridgehead atoms. The number of hydrogen-bond donors (Lipinski definition) is 0. The van der Waals surface area contributed by atoms with Crippen molar-refractivity contribution in [2.75, 3.05) is 0 Å². The lowest BCUT2D eigenvalue weighted by Gasteiger charge is -1.98. The van der Waals surface area contributed by atoms with Crippen molar-refractivity contribution >= 4 is 20.6 Å². The fourth-order valence-electron chi connectivity index (χ4n) is 2.05. The minimum atomic E-state index is -4.30. The second-order valence-electron chi connectivity index (χ2n) is 4.44. The molecule has 1 fully saturated rings. The fraction of sp³-hybridized carbons (Fsp3) is 0.333. The molecule has 3 nitrogen and oxygen atoms in total. The van der Waals surface area contributed by atoms with E-state index in [0.717, 1.165) is 18.9 Å². The number of fused-ring (bicyclic) bond motifs is 1. The Hall–Kier alpha value is -0.740. The molecule has 0 aliphatic heterocycles. The number of benzene rings is 1. The summed E-state index contributed by atoms with van der Waals surface area (Å²) in [6.45, 7) is 0. The van der Waals surface area contributed by atoms with Gasteiger partial charge in [-0.2, -0.15) is 0 Å². The number of hydrogen-bond acceptors (Lipinski definition) is 3. The summed E-state index contributed by atoms with van der Waals surface area (Å²) in [5.74, 6) is -0.550. The molecule has 1 saturated carbocycles. The average molecular weight is 389 g/mol. The molecule has 1 heterocycles. The van der Waals surface area contributed by atoms with Gasteiger partial charge in [-0.15, -0.1) is 13.2 Å². The summed E-state index contributed by atoms with van der Waals surface area (Å²) in [7, 11) is -1.91. The summed E-state index contributed by atoms with van der Waals surface area (Å²) in [5, 5.41) is 0.522. The van der Waals surface area contributed by atoms with E-state index >= 15 is 0 Å². The smallest absolute Gasteiger partial charge is 0.405 e. The van der Waals surface area contributed by atoms with Crippen LogP contribution >= 0.6 is 10.5 Å². The number of rotatable bonds is 1. The van der Waals surface area contributed by atoms with Gasteiger partial charge >= 0.3 is 5.51 Å². The first kappa shape index (κ1) is 16.6. The van der Waals surface area contributed by atoms with Crippen molar-refractivity contribution in [1.29, 1.82) is 0 Å². The van der Waals surface area contributed by atoms with E-state index in [1.165, 1.54) is 12.1 Å². The van der Waals surface area contributed by atoms with Crippen LogP contribution in [0, 0.1) is 20.6 Å². The van der Waals surface area contributed by atoms with E-state index in [2.05, 4.69) is 0 Å². The van der Waals surface area contributed by atoms with E-state index in [1.807, 2.05) is 0 Å². The molecule has 0 saturated heterocycles.